The lowest BCUT2D eigenvalue weighted by Crippen LogP contribution is -2.17. The molecule has 0 atom stereocenters. The number of hydrogen-bond donors (Lipinski definition) is 1. The number of para-hydroxylation sites is 1. The quantitative estimate of drug-likeness (QED) is 0.393. The van der Waals surface area contributed by atoms with Crippen molar-refractivity contribution in [2.75, 3.05) is 7.11 Å². The number of hydrazone groups is 1. The highest BCUT2D eigenvalue weighted by Gasteiger charge is 2.14. The molecule has 0 saturated heterocycles. The molecule has 2 aromatic carbocycles. The number of nitrogens with zero attached hydrogens (tertiary/aromatic N) is 4. The van der Waals surface area contributed by atoms with Crippen LogP contribution >= 0.6 is 0 Å². The van der Waals surface area contributed by atoms with Gasteiger partial charge in [-0.1, -0.05) is 18.2 Å². The summed E-state index contributed by atoms with van der Waals surface area (Å²) in [5.41, 5.74) is 4.97. The van der Waals surface area contributed by atoms with Crippen LogP contribution in [0, 0.1) is 0 Å². The molecule has 0 aliphatic rings. The number of methoxy groups -OCH3 is 1. The lowest BCUT2D eigenvalue weighted by Gasteiger charge is -2.03. The molecule has 0 saturated carbocycles. The third kappa shape index (κ3) is 4.22. The van der Waals surface area contributed by atoms with Gasteiger partial charge in [-0.15, -0.1) is 10.2 Å². The number of aromatic nitrogens is 3. The van der Waals surface area contributed by atoms with E-state index in [1.807, 2.05) is 30.3 Å². The molecule has 4 rings (SSSR count). The average Bonchev–Trinajstić information content (AvgIpc) is 3.30. The average molecular weight is 399 g/mol. The second kappa shape index (κ2) is 8.78. The summed E-state index contributed by atoms with van der Waals surface area (Å²) in [6, 6.07) is 19.6. The minimum Gasteiger partial charge on any atom is -0.496 e. The maximum absolute atomic E-state index is 12.2. The number of amides is 1. The van der Waals surface area contributed by atoms with Gasteiger partial charge in [0.05, 0.1) is 24.6 Å². The van der Waals surface area contributed by atoms with Crippen LogP contribution in [-0.2, 0) is 0 Å². The van der Waals surface area contributed by atoms with E-state index in [1.165, 1.54) is 6.21 Å². The fraction of sp³-hybridized carbons (Fsp3) is 0.0455. The Labute approximate surface area is 172 Å². The summed E-state index contributed by atoms with van der Waals surface area (Å²) in [5.74, 6) is 1.00. The van der Waals surface area contributed by atoms with Crippen molar-refractivity contribution in [2.45, 2.75) is 0 Å². The molecule has 1 amide bonds. The Morgan fingerprint density at radius 3 is 2.53 bits per heavy atom. The van der Waals surface area contributed by atoms with E-state index in [9.17, 15) is 4.79 Å². The highest BCUT2D eigenvalue weighted by Crippen LogP contribution is 2.30. The minimum absolute atomic E-state index is 0.339. The third-order valence-corrected chi connectivity index (χ3v) is 4.21. The van der Waals surface area contributed by atoms with Crippen LogP contribution < -0.4 is 10.2 Å². The molecule has 2 heterocycles. The fourth-order valence-electron chi connectivity index (χ4n) is 2.71. The SMILES string of the molecule is COc1ccccc1-c1nnc(-c2ccc(C(=O)N/N=C/c3ccccn3)cc2)o1. The van der Waals surface area contributed by atoms with Crippen LogP contribution in [0.3, 0.4) is 0 Å². The van der Waals surface area contributed by atoms with Crippen molar-refractivity contribution in [1.29, 1.82) is 0 Å². The monoisotopic (exact) mass is 399 g/mol. The van der Waals surface area contributed by atoms with E-state index < -0.39 is 0 Å². The first kappa shape index (κ1) is 19.0. The first-order valence-corrected chi connectivity index (χ1v) is 9.06. The second-order valence-corrected chi connectivity index (χ2v) is 6.14. The molecule has 0 unspecified atom stereocenters. The molecular weight excluding hydrogens is 382 g/mol. The summed E-state index contributed by atoms with van der Waals surface area (Å²) >= 11 is 0. The predicted octanol–water partition coefficient (Wildman–Crippen LogP) is 3.57. The van der Waals surface area contributed by atoms with E-state index in [-0.39, 0.29) is 5.91 Å². The maximum Gasteiger partial charge on any atom is 0.271 e. The summed E-state index contributed by atoms with van der Waals surface area (Å²) in [6.07, 6.45) is 3.13. The van der Waals surface area contributed by atoms with Crippen molar-refractivity contribution in [2.24, 2.45) is 5.10 Å². The Morgan fingerprint density at radius 2 is 1.77 bits per heavy atom. The Morgan fingerprint density at radius 1 is 1.00 bits per heavy atom. The Balaban J connectivity index is 1.45. The largest absolute Gasteiger partial charge is 0.496 e. The van der Waals surface area contributed by atoms with Crippen molar-refractivity contribution in [1.82, 2.24) is 20.6 Å². The zero-order chi connectivity index (χ0) is 20.8. The molecule has 8 nitrogen and oxygen atoms in total. The molecule has 1 N–H and O–H groups in total. The molecule has 8 heteroatoms. The van der Waals surface area contributed by atoms with E-state index in [0.29, 0.717) is 39.9 Å². The van der Waals surface area contributed by atoms with Gasteiger partial charge in [0.15, 0.2) is 0 Å². The Bertz CT molecular complexity index is 1170. The number of carbonyl (C=O) groups excluding carboxylic acids is 1. The van der Waals surface area contributed by atoms with Crippen LogP contribution in [-0.4, -0.2) is 34.4 Å². The van der Waals surface area contributed by atoms with E-state index in [2.05, 4.69) is 25.7 Å². The highest BCUT2D eigenvalue weighted by atomic mass is 16.5. The van der Waals surface area contributed by atoms with Crippen LogP contribution in [0.25, 0.3) is 22.9 Å². The topological polar surface area (TPSA) is 102 Å². The van der Waals surface area contributed by atoms with Crippen LogP contribution in [0.5, 0.6) is 5.75 Å². The lowest BCUT2D eigenvalue weighted by molar-refractivity contribution is 0.0955. The zero-order valence-corrected chi connectivity index (χ0v) is 16.0. The van der Waals surface area contributed by atoms with Crippen molar-refractivity contribution in [3.8, 4) is 28.7 Å². The van der Waals surface area contributed by atoms with Gasteiger partial charge in [-0.25, -0.2) is 5.43 Å². The number of hydrogen-bond acceptors (Lipinski definition) is 7. The van der Waals surface area contributed by atoms with Gasteiger partial charge in [-0.2, -0.15) is 5.10 Å². The van der Waals surface area contributed by atoms with Crippen LogP contribution in [0.4, 0.5) is 0 Å². The van der Waals surface area contributed by atoms with Crippen molar-refractivity contribution in [3.63, 3.8) is 0 Å². The summed E-state index contributed by atoms with van der Waals surface area (Å²) in [6.45, 7) is 0. The van der Waals surface area contributed by atoms with Gasteiger partial charge in [0.25, 0.3) is 11.8 Å². The second-order valence-electron chi connectivity index (χ2n) is 6.14. The van der Waals surface area contributed by atoms with Gasteiger partial charge < -0.3 is 9.15 Å². The zero-order valence-electron chi connectivity index (χ0n) is 16.0. The first-order valence-electron chi connectivity index (χ1n) is 9.06. The van der Waals surface area contributed by atoms with Gasteiger partial charge in [-0.05, 0) is 48.5 Å². The summed E-state index contributed by atoms with van der Waals surface area (Å²) in [4.78, 5) is 16.3. The molecule has 0 aliphatic carbocycles. The maximum atomic E-state index is 12.2. The van der Waals surface area contributed by atoms with E-state index >= 15 is 0 Å². The Hall–Kier alpha value is -4.33. The van der Waals surface area contributed by atoms with Crippen molar-refractivity contribution in [3.05, 3.63) is 84.2 Å². The molecule has 30 heavy (non-hydrogen) atoms. The van der Waals surface area contributed by atoms with E-state index in [1.54, 1.807) is 49.7 Å². The number of nitrogens with one attached hydrogen (secondary N) is 1. The molecule has 2 aromatic heterocycles. The number of rotatable bonds is 6. The van der Waals surface area contributed by atoms with Crippen molar-refractivity contribution < 1.29 is 13.9 Å². The number of pyridine rings is 1. The van der Waals surface area contributed by atoms with E-state index in [4.69, 9.17) is 9.15 Å². The molecule has 0 aliphatic heterocycles. The van der Waals surface area contributed by atoms with Crippen molar-refractivity contribution >= 4 is 12.1 Å². The summed E-state index contributed by atoms with van der Waals surface area (Å²) in [7, 11) is 1.58. The summed E-state index contributed by atoms with van der Waals surface area (Å²) in [5, 5.41) is 12.1. The van der Waals surface area contributed by atoms with Gasteiger partial charge in [0.1, 0.15) is 5.75 Å². The molecular formula is C22H17N5O3. The number of benzene rings is 2. The van der Waals surface area contributed by atoms with Gasteiger partial charge in [0, 0.05) is 17.3 Å². The fourth-order valence-corrected chi connectivity index (χ4v) is 2.71. The van der Waals surface area contributed by atoms with Crippen LogP contribution in [0.1, 0.15) is 16.1 Å². The lowest BCUT2D eigenvalue weighted by atomic mass is 10.1. The van der Waals surface area contributed by atoms with Gasteiger partial charge >= 0.3 is 0 Å². The normalized spacial score (nSPS) is 10.8. The van der Waals surface area contributed by atoms with Gasteiger partial charge in [0.2, 0.25) is 5.89 Å². The van der Waals surface area contributed by atoms with Crippen LogP contribution in [0.15, 0.2) is 82.4 Å². The summed E-state index contributed by atoms with van der Waals surface area (Å²) < 4.78 is 11.1. The molecule has 0 fully saturated rings. The van der Waals surface area contributed by atoms with Crippen LogP contribution in [0.2, 0.25) is 0 Å². The molecule has 0 spiro atoms. The molecule has 0 bridgehead atoms. The standard InChI is InChI=1S/C22H17N5O3/c1-29-19-8-3-2-7-18(19)22-27-26-21(30-22)16-11-9-15(10-12-16)20(28)25-24-14-17-6-4-5-13-23-17/h2-14H,1H3,(H,25,28)/b24-14+. The smallest absolute Gasteiger partial charge is 0.271 e. The molecule has 0 radical (unpaired) electrons. The number of carbonyl (C=O) groups is 1. The predicted molar refractivity (Wildman–Crippen MR) is 111 cm³/mol. The highest BCUT2D eigenvalue weighted by molar-refractivity contribution is 5.95. The number of ether oxygens (including phenoxy) is 1. The first-order chi connectivity index (χ1) is 14.7. The Kier molecular flexibility index (Phi) is 5.56. The van der Waals surface area contributed by atoms with Gasteiger partial charge in [-0.3, -0.25) is 9.78 Å². The third-order valence-electron chi connectivity index (χ3n) is 4.21. The van der Waals surface area contributed by atoms with E-state index in [0.717, 1.165) is 0 Å². The minimum atomic E-state index is -0.339. The molecule has 4 aromatic rings. The molecule has 148 valence electrons.